The van der Waals surface area contributed by atoms with Gasteiger partial charge in [0.25, 0.3) is 0 Å². The van der Waals surface area contributed by atoms with E-state index < -0.39 is 0 Å². The summed E-state index contributed by atoms with van der Waals surface area (Å²) in [6, 6.07) is 10.2. The molecule has 2 aromatic carbocycles. The van der Waals surface area contributed by atoms with E-state index in [0.717, 1.165) is 29.0 Å². The van der Waals surface area contributed by atoms with Gasteiger partial charge in [-0.2, -0.15) is 0 Å². The molecule has 0 aliphatic rings. The van der Waals surface area contributed by atoms with Crippen LogP contribution in [0, 0.1) is 5.82 Å². The van der Waals surface area contributed by atoms with Crippen molar-refractivity contribution in [2.45, 2.75) is 13.5 Å². The van der Waals surface area contributed by atoms with Crippen molar-refractivity contribution in [3.05, 3.63) is 52.8 Å². The van der Waals surface area contributed by atoms with Crippen LogP contribution in [0.3, 0.4) is 0 Å². The highest BCUT2D eigenvalue weighted by molar-refractivity contribution is 6.31. The number of hydrogen-bond donors (Lipinski definition) is 1. The first-order valence-corrected chi connectivity index (χ1v) is 6.86. The molecule has 106 valence electrons. The highest BCUT2D eigenvalue weighted by Crippen LogP contribution is 2.34. The summed E-state index contributed by atoms with van der Waals surface area (Å²) in [5.74, 6) is 0.474. The summed E-state index contributed by atoms with van der Waals surface area (Å²) < 4.78 is 18.8. The molecule has 0 fully saturated rings. The fourth-order valence-electron chi connectivity index (χ4n) is 2.12. The predicted octanol–water partition coefficient (Wildman–Crippen LogP) is 4.26. The number of benzene rings is 2. The van der Waals surface area contributed by atoms with E-state index in [1.807, 2.05) is 19.1 Å². The molecule has 2 rings (SSSR count). The maximum Gasteiger partial charge on any atom is 0.126 e. The van der Waals surface area contributed by atoms with Gasteiger partial charge in [0, 0.05) is 17.1 Å². The maximum absolute atomic E-state index is 13.5. The van der Waals surface area contributed by atoms with E-state index in [1.165, 1.54) is 6.07 Å². The molecule has 0 atom stereocenters. The van der Waals surface area contributed by atoms with Crippen LogP contribution in [-0.4, -0.2) is 13.7 Å². The van der Waals surface area contributed by atoms with Crippen LogP contribution in [0.5, 0.6) is 5.75 Å². The van der Waals surface area contributed by atoms with Crippen molar-refractivity contribution < 1.29 is 9.13 Å². The lowest BCUT2D eigenvalue weighted by atomic mass is 9.98. The highest BCUT2D eigenvalue weighted by Gasteiger charge is 2.12. The van der Waals surface area contributed by atoms with E-state index >= 15 is 0 Å². The van der Waals surface area contributed by atoms with Gasteiger partial charge in [0.05, 0.1) is 7.11 Å². The third-order valence-corrected chi connectivity index (χ3v) is 3.32. The molecule has 0 aliphatic carbocycles. The molecule has 2 nitrogen and oxygen atoms in total. The third kappa shape index (κ3) is 3.30. The molecule has 0 heterocycles. The Hall–Kier alpha value is -1.58. The Bertz CT molecular complexity index is 601. The number of ether oxygens (including phenoxy) is 1. The molecule has 0 saturated heterocycles. The van der Waals surface area contributed by atoms with E-state index in [4.69, 9.17) is 16.3 Å². The Kier molecular flexibility index (Phi) is 4.99. The van der Waals surface area contributed by atoms with Gasteiger partial charge in [0.1, 0.15) is 11.6 Å². The van der Waals surface area contributed by atoms with Crippen molar-refractivity contribution in [3.63, 3.8) is 0 Å². The molecule has 0 amide bonds. The van der Waals surface area contributed by atoms with Crippen molar-refractivity contribution >= 4 is 11.6 Å². The second kappa shape index (κ2) is 6.73. The Labute approximate surface area is 123 Å². The van der Waals surface area contributed by atoms with E-state index in [0.29, 0.717) is 11.6 Å². The van der Waals surface area contributed by atoms with E-state index in [9.17, 15) is 4.39 Å². The minimum atomic E-state index is -0.248. The fourth-order valence-corrected chi connectivity index (χ4v) is 2.29. The summed E-state index contributed by atoms with van der Waals surface area (Å²) in [6.07, 6.45) is 0. The van der Waals surface area contributed by atoms with Crippen LogP contribution in [0.25, 0.3) is 11.1 Å². The summed E-state index contributed by atoms with van der Waals surface area (Å²) >= 11 is 6.07. The Morgan fingerprint density at radius 2 is 1.95 bits per heavy atom. The zero-order valence-corrected chi connectivity index (χ0v) is 12.3. The second-order valence-electron chi connectivity index (χ2n) is 4.43. The minimum absolute atomic E-state index is 0.248. The van der Waals surface area contributed by atoms with Crippen molar-refractivity contribution in [2.24, 2.45) is 0 Å². The van der Waals surface area contributed by atoms with Crippen LogP contribution in [-0.2, 0) is 6.54 Å². The first-order valence-electron chi connectivity index (χ1n) is 6.48. The number of methoxy groups -OCH3 is 1. The lowest BCUT2D eigenvalue weighted by Gasteiger charge is -2.14. The zero-order valence-electron chi connectivity index (χ0n) is 11.5. The van der Waals surface area contributed by atoms with Gasteiger partial charge in [-0.15, -0.1) is 0 Å². The van der Waals surface area contributed by atoms with Crippen LogP contribution in [0.2, 0.25) is 5.02 Å². The second-order valence-corrected chi connectivity index (χ2v) is 4.86. The van der Waals surface area contributed by atoms with Crippen molar-refractivity contribution in [1.82, 2.24) is 5.32 Å². The molecule has 0 aliphatic heterocycles. The summed E-state index contributed by atoms with van der Waals surface area (Å²) in [5, 5.41) is 3.84. The fraction of sp³-hybridized carbons (Fsp3) is 0.250. The minimum Gasteiger partial charge on any atom is -0.496 e. The molecule has 0 spiro atoms. The van der Waals surface area contributed by atoms with Crippen molar-refractivity contribution in [3.8, 4) is 16.9 Å². The van der Waals surface area contributed by atoms with Gasteiger partial charge in [0.2, 0.25) is 0 Å². The van der Waals surface area contributed by atoms with E-state index in [1.54, 1.807) is 25.3 Å². The largest absolute Gasteiger partial charge is 0.496 e. The Balaban J connectivity index is 2.53. The van der Waals surface area contributed by atoms with Crippen LogP contribution >= 0.6 is 11.6 Å². The lowest BCUT2D eigenvalue weighted by Crippen LogP contribution is -2.12. The zero-order chi connectivity index (χ0) is 14.5. The molecule has 0 bridgehead atoms. The number of hydrogen-bond acceptors (Lipinski definition) is 2. The summed E-state index contributed by atoms with van der Waals surface area (Å²) in [7, 11) is 1.61. The van der Waals surface area contributed by atoms with Gasteiger partial charge in [-0.3, -0.25) is 0 Å². The average Bonchev–Trinajstić information content (AvgIpc) is 2.45. The lowest BCUT2D eigenvalue weighted by molar-refractivity contribution is 0.416. The van der Waals surface area contributed by atoms with Gasteiger partial charge in [-0.25, -0.2) is 4.39 Å². The molecule has 20 heavy (non-hydrogen) atoms. The average molecular weight is 294 g/mol. The molecule has 2 aromatic rings. The van der Waals surface area contributed by atoms with Gasteiger partial charge in [0.15, 0.2) is 0 Å². The Morgan fingerprint density at radius 1 is 1.15 bits per heavy atom. The van der Waals surface area contributed by atoms with Crippen LogP contribution in [0.1, 0.15) is 12.5 Å². The molecule has 4 heteroatoms. The molecule has 0 saturated carbocycles. The van der Waals surface area contributed by atoms with Gasteiger partial charge in [-0.1, -0.05) is 24.6 Å². The van der Waals surface area contributed by atoms with Crippen molar-refractivity contribution in [1.29, 1.82) is 0 Å². The van der Waals surface area contributed by atoms with Crippen LogP contribution in [0.15, 0.2) is 36.4 Å². The first-order chi connectivity index (χ1) is 9.65. The third-order valence-electron chi connectivity index (χ3n) is 3.08. The predicted molar refractivity (Wildman–Crippen MR) is 80.8 cm³/mol. The van der Waals surface area contributed by atoms with E-state index in [2.05, 4.69) is 5.32 Å². The number of halogens is 2. The van der Waals surface area contributed by atoms with Crippen molar-refractivity contribution in [2.75, 3.05) is 13.7 Å². The standard InChI is InChI=1S/C16H17ClFNO/c1-3-19-10-11-8-13(18)5-6-14(11)15-9-12(17)4-7-16(15)20-2/h4-9,19H,3,10H2,1-2H3. The van der Waals surface area contributed by atoms with Gasteiger partial charge < -0.3 is 10.1 Å². The summed E-state index contributed by atoms with van der Waals surface area (Å²) in [5.41, 5.74) is 2.67. The first kappa shape index (κ1) is 14.8. The molecular formula is C16H17ClFNO. The molecule has 1 N–H and O–H groups in total. The normalized spacial score (nSPS) is 10.6. The molecule has 0 radical (unpaired) electrons. The number of nitrogens with one attached hydrogen (secondary N) is 1. The Morgan fingerprint density at radius 3 is 2.65 bits per heavy atom. The SMILES string of the molecule is CCNCc1cc(F)ccc1-c1cc(Cl)ccc1OC. The summed E-state index contributed by atoms with van der Waals surface area (Å²) in [4.78, 5) is 0. The molecular weight excluding hydrogens is 277 g/mol. The van der Waals surface area contributed by atoms with E-state index in [-0.39, 0.29) is 5.82 Å². The van der Waals surface area contributed by atoms with Crippen LogP contribution in [0.4, 0.5) is 4.39 Å². The number of rotatable bonds is 5. The molecule has 0 unspecified atom stereocenters. The topological polar surface area (TPSA) is 21.3 Å². The van der Waals surface area contributed by atoms with Gasteiger partial charge in [-0.05, 0) is 48.0 Å². The summed E-state index contributed by atoms with van der Waals surface area (Å²) in [6.45, 7) is 3.43. The monoisotopic (exact) mass is 293 g/mol. The smallest absolute Gasteiger partial charge is 0.126 e. The highest BCUT2D eigenvalue weighted by atomic mass is 35.5. The van der Waals surface area contributed by atoms with Gasteiger partial charge >= 0.3 is 0 Å². The molecule has 0 aromatic heterocycles. The van der Waals surface area contributed by atoms with Crippen LogP contribution < -0.4 is 10.1 Å². The maximum atomic E-state index is 13.5. The quantitative estimate of drug-likeness (QED) is 0.889.